The molecule has 5 rings (SSSR count). The van der Waals surface area contributed by atoms with Gasteiger partial charge in [0, 0.05) is 0 Å². The van der Waals surface area contributed by atoms with E-state index < -0.39 is 23.0 Å². The van der Waals surface area contributed by atoms with Gasteiger partial charge in [0.05, 0.1) is 22.7 Å². The second-order valence-corrected chi connectivity index (χ2v) is 10.5. The van der Waals surface area contributed by atoms with Crippen molar-refractivity contribution in [2.75, 3.05) is 0 Å². The summed E-state index contributed by atoms with van der Waals surface area (Å²) >= 11 is 0. The van der Waals surface area contributed by atoms with E-state index in [-0.39, 0.29) is 23.8 Å². The summed E-state index contributed by atoms with van der Waals surface area (Å²) in [5.41, 5.74) is 3.31. The van der Waals surface area contributed by atoms with Crippen LogP contribution < -0.4 is 0 Å². The summed E-state index contributed by atoms with van der Waals surface area (Å²) in [7, 11) is 0. The van der Waals surface area contributed by atoms with Crippen molar-refractivity contribution in [3.8, 4) is 0 Å². The zero-order valence-corrected chi connectivity index (χ0v) is 18.6. The van der Waals surface area contributed by atoms with E-state index >= 15 is 0 Å². The quantitative estimate of drug-likeness (QED) is 0.644. The number of esters is 2. The minimum atomic E-state index is -0.645. The highest BCUT2D eigenvalue weighted by molar-refractivity contribution is 5.77. The Labute approximate surface area is 178 Å². The molecular formula is C26H30O4. The van der Waals surface area contributed by atoms with E-state index in [1.807, 2.05) is 65.8 Å². The van der Waals surface area contributed by atoms with Gasteiger partial charge in [-0.3, -0.25) is 9.59 Å². The largest absolute Gasteiger partial charge is 0.457 e. The Hall–Kier alpha value is -2.62. The number of hydrogen-bond donors (Lipinski definition) is 0. The van der Waals surface area contributed by atoms with E-state index in [9.17, 15) is 9.59 Å². The third kappa shape index (κ3) is 3.32. The Kier molecular flexibility index (Phi) is 4.80. The minimum Gasteiger partial charge on any atom is -0.457 e. The maximum atomic E-state index is 12.9. The number of carbonyl (C=O) groups is 2. The van der Waals surface area contributed by atoms with Crippen LogP contribution in [-0.2, 0) is 19.1 Å². The van der Waals surface area contributed by atoms with Crippen molar-refractivity contribution >= 4 is 11.9 Å². The molecule has 0 fully saturated rings. The van der Waals surface area contributed by atoms with Gasteiger partial charge in [-0.1, -0.05) is 48.5 Å². The molecule has 2 unspecified atom stereocenters. The fraction of sp³-hybridized carbons (Fsp3) is 0.462. The number of fused-ring (bicyclic) bond motifs is 1. The number of rotatable bonds is 2. The molecule has 0 saturated heterocycles. The molecule has 0 aliphatic heterocycles. The highest BCUT2D eigenvalue weighted by Gasteiger charge is 2.54. The molecule has 0 N–H and O–H groups in total. The lowest BCUT2D eigenvalue weighted by Gasteiger charge is -2.49. The third-order valence-electron chi connectivity index (χ3n) is 6.02. The number of hydrogen-bond acceptors (Lipinski definition) is 4. The van der Waals surface area contributed by atoms with E-state index in [0.717, 1.165) is 22.3 Å². The molecule has 158 valence electrons. The molecule has 2 atom stereocenters. The normalized spacial score (nSPS) is 24.6. The van der Waals surface area contributed by atoms with Crippen LogP contribution in [0.1, 0.15) is 75.6 Å². The second kappa shape index (κ2) is 6.97. The standard InChI is InChI=1S/C26H30O4/c1-25(2,3)23(27)29-21-19-15-11-7-9-13-17(15)20(18-14-10-8-12-16(18)19)22(21)30-24(28)26(4,5)6/h7-14,19-22H,1-6H3. The molecule has 3 aliphatic rings. The van der Waals surface area contributed by atoms with Gasteiger partial charge in [-0.2, -0.15) is 0 Å². The first-order valence-corrected chi connectivity index (χ1v) is 10.6. The van der Waals surface area contributed by atoms with Gasteiger partial charge in [-0.15, -0.1) is 0 Å². The summed E-state index contributed by atoms with van der Waals surface area (Å²) in [5.74, 6) is -0.892. The van der Waals surface area contributed by atoms with Crippen LogP contribution in [0.4, 0.5) is 0 Å². The summed E-state index contributed by atoms with van der Waals surface area (Å²) in [6.45, 7) is 11.1. The molecule has 2 bridgehead atoms. The summed E-state index contributed by atoms with van der Waals surface area (Å²) in [4.78, 5) is 25.8. The van der Waals surface area contributed by atoms with Gasteiger partial charge in [0.25, 0.3) is 0 Å². The van der Waals surface area contributed by atoms with Gasteiger partial charge >= 0.3 is 11.9 Å². The highest BCUT2D eigenvalue weighted by atomic mass is 16.6. The maximum absolute atomic E-state index is 12.9. The zero-order valence-electron chi connectivity index (χ0n) is 18.6. The lowest BCUT2D eigenvalue weighted by atomic mass is 9.61. The Morgan fingerprint density at radius 2 is 0.867 bits per heavy atom. The third-order valence-corrected chi connectivity index (χ3v) is 6.02. The van der Waals surface area contributed by atoms with E-state index in [1.165, 1.54) is 0 Å². The fourth-order valence-electron chi connectivity index (χ4n) is 4.45. The first-order chi connectivity index (χ1) is 14.0. The molecule has 0 saturated carbocycles. The first kappa shape index (κ1) is 20.6. The molecular weight excluding hydrogens is 376 g/mol. The Balaban J connectivity index is 1.86. The summed E-state index contributed by atoms with van der Waals surface area (Å²) < 4.78 is 12.2. The molecule has 4 nitrogen and oxygen atoms in total. The summed E-state index contributed by atoms with van der Waals surface area (Å²) in [6, 6.07) is 16.5. The van der Waals surface area contributed by atoms with Gasteiger partial charge < -0.3 is 9.47 Å². The van der Waals surface area contributed by atoms with Crippen molar-refractivity contribution in [1.29, 1.82) is 0 Å². The van der Waals surface area contributed by atoms with E-state index in [0.29, 0.717) is 0 Å². The van der Waals surface area contributed by atoms with Crippen LogP contribution in [0.3, 0.4) is 0 Å². The van der Waals surface area contributed by atoms with Crippen LogP contribution in [0.5, 0.6) is 0 Å². The van der Waals surface area contributed by atoms with Crippen molar-refractivity contribution < 1.29 is 19.1 Å². The van der Waals surface area contributed by atoms with Crippen LogP contribution in [0.2, 0.25) is 0 Å². The van der Waals surface area contributed by atoms with E-state index in [1.54, 1.807) is 0 Å². The van der Waals surface area contributed by atoms with Crippen LogP contribution >= 0.6 is 0 Å². The predicted octanol–water partition coefficient (Wildman–Crippen LogP) is 5.19. The second-order valence-electron chi connectivity index (χ2n) is 10.5. The van der Waals surface area contributed by atoms with Gasteiger partial charge in [0.15, 0.2) is 12.2 Å². The molecule has 30 heavy (non-hydrogen) atoms. The molecule has 0 amide bonds. The van der Waals surface area contributed by atoms with Crippen LogP contribution in [0, 0.1) is 10.8 Å². The molecule has 2 aromatic carbocycles. The molecule has 4 heteroatoms. The lowest BCUT2D eigenvalue weighted by molar-refractivity contribution is -0.182. The monoisotopic (exact) mass is 406 g/mol. The first-order valence-electron chi connectivity index (χ1n) is 10.6. The molecule has 3 aliphatic carbocycles. The lowest BCUT2D eigenvalue weighted by Crippen LogP contribution is -2.52. The molecule has 0 radical (unpaired) electrons. The van der Waals surface area contributed by atoms with Crippen LogP contribution in [0.25, 0.3) is 0 Å². The highest BCUT2D eigenvalue weighted by Crippen LogP contribution is 2.55. The van der Waals surface area contributed by atoms with Gasteiger partial charge in [0.2, 0.25) is 0 Å². The molecule has 0 spiro atoms. The van der Waals surface area contributed by atoms with Crippen LogP contribution in [0.15, 0.2) is 48.5 Å². The van der Waals surface area contributed by atoms with Gasteiger partial charge in [-0.25, -0.2) is 0 Å². The van der Waals surface area contributed by atoms with Crippen LogP contribution in [-0.4, -0.2) is 24.1 Å². The van der Waals surface area contributed by atoms with Crippen molar-refractivity contribution in [1.82, 2.24) is 0 Å². The van der Waals surface area contributed by atoms with Crippen molar-refractivity contribution in [3.05, 3.63) is 70.8 Å². The van der Waals surface area contributed by atoms with Crippen molar-refractivity contribution in [2.24, 2.45) is 10.8 Å². The van der Waals surface area contributed by atoms with Crippen molar-refractivity contribution in [3.63, 3.8) is 0 Å². The maximum Gasteiger partial charge on any atom is 0.311 e. The predicted molar refractivity (Wildman–Crippen MR) is 115 cm³/mol. The number of carbonyl (C=O) groups excluding carboxylic acids is 2. The van der Waals surface area contributed by atoms with Gasteiger partial charge in [-0.05, 0) is 63.8 Å². The fourth-order valence-corrected chi connectivity index (χ4v) is 4.45. The number of benzene rings is 2. The molecule has 0 aromatic heterocycles. The Morgan fingerprint density at radius 3 is 1.10 bits per heavy atom. The van der Waals surface area contributed by atoms with E-state index in [4.69, 9.17) is 9.47 Å². The molecule has 2 aromatic rings. The van der Waals surface area contributed by atoms with E-state index in [2.05, 4.69) is 24.3 Å². The van der Waals surface area contributed by atoms with Crippen molar-refractivity contribution in [2.45, 2.75) is 65.6 Å². The van der Waals surface area contributed by atoms with Gasteiger partial charge in [0.1, 0.15) is 0 Å². The minimum absolute atomic E-state index is 0.161. The Morgan fingerprint density at radius 1 is 0.600 bits per heavy atom. The Bertz CT molecular complexity index is 865. The number of ether oxygens (including phenoxy) is 2. The summed E-state index contributed by atoms with van der Waals surface area (Å²) in [5, 5.41) is 0. The smallest absolute Gasteiger partial charge is 0.311 e. The average Bonchev–Trinajstić information content (AvgIpc) is 2.67. The molecule has 0 heterocycles. The summed E-state index contributed by atoms with van der Waals surface area (Å²) in [6.07, 6.45) is -1.12. The topological polar surface area (TPSA) is 52.6 Å². The average molecular weight is 407 g/mol. The zero-order chi connectivity index (χ0) is 21.8. The SMILES string of the molecule is CC(C)(C)C(=O)OC1C2c3ccccc3C(c3ccccc32)C1OC(=O)C(C)(C)C.